The van der Waals surface area contributed by atoms with E-state index in [0.717, 1.165) is 10.8 Å². The first-order valence-corrected chi connectivity index (χ1v) is 9.23. The zero-order valence-corrected chi connectivity index (χ0v) is 15.6. The monoisotopic (exact) mass is 399 g/mol. The van der Waals surface area contributed by atoms with Crippen molar-refractivity contribution in [2.75, 3.05) is 6.61 Å². The van der Waals surface area contributed by atoms with Crippen molar-refractivity contribution >= 4 is 27.8 Å². The van der Waals surface area contributed by atoms with Crippen molar-refractivity contribution in [1.29, 1.82) is 0 Å². The maximum Gasteiger partial charge on any atom is 0.370 e. The summed E-state index contributed by atoms with van der Waals surface area (Å²) < 4.78 is 7.03. The van der Waals surface area contributed by atoms with Crippen LogP contribution in [0.2, 0.25) is 0 Å². The Balaban J connectivity index is 1.82. The van der Waals surface area contributed by atoms with Crippen LogP contribution in [0.1, 0.15) is 13.0 Å². The Morgan fingerprint density at radius 2 is 2.00 bits per heavy atom. The SMILES string of the molecule is C[C@H]1[C@H]([C@H](O)[C@H](O)CO)OC(C(=O)O)=C[C@@H]1n1nnc2c3ccccc3ccc21. The molecule has 152 valence electrons. The van der Waals surface area contributed by atoms with E-state index in [4.69, 9.17) is 9.84 Å². The van der Waals surface area contributed by atoms with Crippen LogP contribution in [0.25, 0.3) is 21.8 Å². The molecule has 0 fully saturated rings. The van der Waals surface area contributed by atoms with Gasteiger partial charge >= 0.3 is 5.97 Å². The second-order valence-corrected chi connectivity index (χ2v) is 7.20. The van der Waals surface area contributed by atoms with Crippen LogP contribution in [0.4, 0.5) is 0 Å². The fraction of sp³-hybridized carbons (Fsp3) is 0.350. The molecule has 29 heavy (non-hydrogen) atoms. The van der Waals surface area contributed by atoms with Gasteiger partial charge in [0.05, 0.1) is 18.2 Å². The molecule has 1 aliphatic heterocycles. The van der Waals surface area contributed by atoms with Gasteiger partial charge in [-0.3, -0.25) is 0 Å². The van der Waals surface area contributed by atoms with Gasteiger partial charge in [0.2, 0.25) is 5.76 Å². The fourth-order valence-corrected chi connectivity index (χ4v) is 3.81. The van der Waals surface area contributed by atoms with Gasteiger partial charge in [-0.25, -0.2) is 9.48 Å². The number of hydrogen-bond acceptors (Lipinski definition) is 7. The summed E-state index contributed by atoms with van der Waals surface area (Å²) in [6.07, 6.45) is -2.58. The third kappa shape index (κ3) is 3.23. The number of carboxylic acids is 1. The van der Waals surface area contributed by atoms with Gasteiger partial charge in [0, 0.05) is 11.3 Å². The van der Waals surface area contributed by atoms with E-state index in [1.54, 1.807) is 11.6 Å². The molecule has 0 aliphatic carbocycles. The fourth-order valence-electron chi connectivity index (χ4n) is 3.81. The van der Waals surface area contributed by atoms with Crippen molar-refractivity contribution < 1.29 is 30.0 Å². The molecular formula is C20H21N3O6. The number of fused-ring (bicyclic) bond motifs is 3. The molecule has 1 aliphatic rings. The highest BCUT2D eigenvalue weighted by molar-refractivity contribution is 6.03. The number of rotatable bonds is 5. The zero-order chi connectivity index (χ0) is 20.7. The number of aliphatic hydroxyl groups is 3. The lowest BCUT2D eigenvalue weighted by molar-refractivity contribution is -0.148. The summed E-state index contributed by atoms with van der Waals surface area (Å²) in [7, 11) is 0. The molecule has 0 radical (unpaired) electrons. The normalized spacial score (nSPS) is 24.1. The van der Waals surface area contributed by atoms with Crippen molar-refractivity contribution in [3.05, 3.63) is 48.2 Å². The number of allylic oxidation sites excluding steroid dienone is 1. The lowest BCUT2D eigenvalue weighted by Gasteiger charge is -2.38. The van der Waals surface area contributed by atoms with Crippen LogP contribution in [0.15, 0.2) is 48.2 Å². The first-order valence-electron chi connectivity index (χ1n) is 9.23. The van der Waals surface area contributed by atoms with Gasteiger partial charge in [-0.05, 0) is 17.5 Å². The molecule has 0 unspecified atom stereocenters. The van der Waals surface area contributed by atoms with Gasteiger partial charge in [0.1, 0.15) is 23.8 Å². The summed E-state index contributed by atoms with van der Waals surface area (Å²) >= 11 is 0. The third-order valence-corrected chi connectivity index (χ3v) is 5.42. The summed E-state index contributed by atoms with van der Waals surface area (Å²) in [6.45, 7) is 1.08. The molecular weight excluding hydrogens is 378 g/mol. The number of nitrogens with zero attached hydrogens (tertiary/aromatic N) is 3. The van der Waals surface area contributed by atoms with Crippen molar-refractivity contribution in [2.45, 2.75) is 31.3 Å². The minimum Gasteiger partial charge on any atom is -0.480 e. The van der Waals surface area contributed by atoms with E-state index in [0.29, 0.717) is 11.0 Å². The number of carbonyl (C=O) groups is 1. The highest BCUT2D eigenvalue weighted by Gasteiger charge is 2.42. The van der Waals surface area contributed by atoms with E-state index < -0.39 is 42.8 Å². The molecule has 0 bridgehead atoms. The Labute approximate surface area is 165 Å². The quantitative estimate of drug-likeness (QED) is 0.495. The predicted octanol–water partition coefficient (Wildman–Crippen LogP) is 0.843. The molecule has 9 heteroatoms. The number of aliphatic hydroxyl groups excluding tert-OH is 3. The van der Waals surface area contributed by atoms with Crippen molar-refractivity contribution in [2.24, 2.45) is 5.92 Å². The summed E-state index contributed by atoms with van der Waals surface area (Å²) in [5.74, 6) is -2.12. The Morgan fingerprint density at radius 1 is 1.24 bits per heavy atom. The first-order chi connectivity index (χ1) is 13.9. The van der Waals surface area contributed by atoms with E-state index in [9.17, 15) is 20.1 Å². The largest absolute Gasteiger partial charge is 0.480 e. The van der Waals surface area contributed by atoms with E-state index in [2.05, 4.69) is 10.3 Å². The molecule has 4 rings (SSSR count). The van der Waals surface area contributed by atoms with E-state index in [1.165, 1.54) is 6.08 Å². The van der Waals surface area contributed by atoms with Crippen LogP contribution in [0.3, 0.4) is 0 Å². The maximum atomic E-state index is 11.6. The van der Waals surface area contributed by atoms with Crippen LogP contribution in [0, 0.1) is 5.92 Å². The molecule has 0 spiro atoms. The summed E-state index contributed by atoms with van der Waals surface area (Å²) in [4.78, 5) is 11.6. The van der Waals surface area contributed by atoms with Crippen molar-refractivity contribution in [3.63, 3.8) is 0 Å². The van der Waals surface area contributed by atoms with Crippen LogP contribution in [0.5, 0.6) is 0 Å². The molecule has 0 amide bonds. The van der Waals surface area contributed by atoms with Crippen LogP contribution < -0.4 is 0 Å². The Hall–Kier alpha value is -3.01. The Bertz CT molecular complexity index is 1090. The zero-order valence-electron chi connectivity index (χ0n) is 15.6. The molecule has 9 nitrogen and oxygen atoms in total. The average Bonchev–Trinajstić information content (AvgIpc) is 3.17. The van der Waals surface area contributed by atoms with Gasteiger partial charge in [-0.1, -0.05) is 42.5 Å². The number of carboxylic acid groups (broad SMARTS) is 1. The summed E-state index contributed by atoms with van der Waals surface area (Å²) in [6, 6.07) is 10.9. The van der Waals surface area contributed by atoms with E-state index in [-0.39, 0.29) is 5.76 Å². The second-order valence-electron chi connectivity index (χ2n) is 7.20. The number of aromatic nitrogens is 3. The molecule has 1 aromatic heterocycles. The molecule has 0 saturated heterocycles. The molecule has 5 atom stereocenters. The standard InChI is InChI=1S/C20H21N3O6/c1-10-14(8-16(20(27)28)29-19(10)18(26)15(25)9-24)23-13-7-6-11-4-2-3-5-12(11)17(13)21-22-23/h2-8,10,14-15,18-19,24-26H,9H2,1H3,(H,27,28)/t10-,14+,15-,18-,19-/m1/s1. The summed E-state index contributed by atoms with van der Waals surface area (Å²) in [5.41, 5.74) is 1.39. The molecule has 3 aromatic rings. The number of aliphatic carboxylic acids is 1. The lowest BCUT2D eigenvalue weighted by Crippen LogP contribution is -2.48. The van der Waals surface area contributed by atoms with Gasteiger partial charge < -0.3 is 25.2 Å². The highest BCUT2D eigenvalue weighted by atomic mass is 16.5. The van der Waals surface area contributed by atoms with E-state index in [1.807, 2.05) is 36.4 Å². The van der Waals surface area contributed by atoms with Crippen molar-refractivity contribution in [3.8, 4) is 0 Å². The lowest BCUT2D eigenvalue weighted by atomic mass is 9.87. The molecule has 2 aromatic carbocycles. The second kappa shape index (κ2) is 7.43. The Morgan fingerprint density at radius 3 is 2.72 bits per heavy atom. The first kappa shape index (κ1) is 19.3. The van der Waals surface area contributed by atoms with Crippen LogP contribution in [-0.4, -0.2) is 66.3 Å². The average molecular weight is 399 g/mol. The summed E-state index contributed by atoms with van der Waals surface area (Å²) in [5, 5.41) is 49.3. The Kier molecular flexibility index (Phi) is 4.95. The van der Waals surface area contributed by atoms with E-state index >= 15 is 0 Å². The highest BCUT2D eigenvalue weighted by Crippen LogP contribution is 2.36. The predicted molar refractivity (Wildman–Crippen MR) is 103 cm³/mol. The number of benzene rings is 2. The molecule has 4 N–H and O–H groups in total. The molecule has 0 saturated carbocycles. The van der Waals surface area contributed by atoms with Crippen LogP contribution >= 0.6 is 0 Å². The van der Waals surface area contributed by atoms with Gasteiger partial charge in [-0.2, -0.15) is 0 Å². The number of hydrogen-bond donors (Lipinski definition) is 4. The third-order valence-electron chi connectivity index (χ3n) is 5.42. The molecule has 2 heterocycles. The topological polar surface area (TPSA) is 138 Å². The number of ether oxygens (including phenoxy) is 1. The van der Waals surface area contributed by atoms with Gasteiger partial charge in [0.25, 0.3) is 0 Å². The minimum atomic E-state index is -1.48. The van der Waals surface area contributed by atoms with Gasteiger partial charge in [0.15, 0.2) is 0 Å². The maximum absolute atomic E-state index is 11.6. The smallest absolute Gasteiger partial charge is 0.370 e. The van der Waals surface area contributed by atoms with Crippen LogP contribution in [-0.2, 0) is 9.53 Å². The minimum absolute atomic E-state index is 0.355. The van der Waals surface area contributed by atoms with Gasteiger partial charge in [-0.15, -0.1) is 5.10 Å². The van der Waals surface area contributed by atoms with Crippen molar-refractivity contribution in [1.82, 2.24) is 15.0 Å².